The van der Waals surface area contributed by atoms with Crippen LogP contribution >= 0.6 is 11.6 Å². The Morgan fingerprint density at radius 1 is 1.31 bits per heavy atom. The SMILES string of the molecule is CS(=O)(=O)Oc1ccc(Cl)cc1CN(CC1CCCO1)C(=O)C1CCC1. The minimum Gasteiger partial charge on any atom is -0.382 e. The van der Waals surface area contributed by atoms with E-state index in [4.69, 9.17) is 20.5 Å². The van der Waals surface area contributed by atoms with E-state index in [2.05, 4.69) is 0 Å². The van der Waals surface area contributed by atoms with E-state index >= 15 is 0 Å². The van der Waals surface area contributed by atoms with Gasteiger partial charge >= 0.3 is 10.1 Å². The van der Waals surface area contributed by atoms with Crippen LogP contribution in [-0.2, 0) is 26.2 Å². The molecule has 1 saturated heterocycles. The monoisotopic (exact) mass is 401 g/mol. The molecule has 2 fully saturated rings. The van der Waals surface area contributed by atoms with Gasteiger partial charge < -0.3 is 13.8 Å². The number of amides is 1. The molecule has 1 saturated carbocycles. The van der Waals surface area contributed by atoms with Crippen molar-refractivity contribution in [1.29, 1.82) is 0 Å². The molecule has 1 aliphatic carbocycles. The van der Waals surface area contributed by atoms with Crippen molar-refractivity contribution in [3.05, 3.63) is 28.8 Å². The van der Waals surface area contributed by atoms with Gasteiger partial charge in [-0.15, -0.1) is 0 Å². The van der Waals surface area contributed by atoms with Crippen LogP contribution in [-0.4, -0.2) is 44.7 Å². The van der Waals surface area contributed by atoms with Crippen LogP contribution in [0.3, 0.4) is 0 Å². The summed E-state index contributed by atoms with van der Waals surface area (Å²) in [5.41, 5.74) is 0.577. The molecular formula is C18H24ClNO5S. The van der Waals surface area contributed by atoms with E-state index in [0.29, 0.717) is 17.1 Å². The second kappa shape index (κ2) is 8.15. The maximum atomic E-state index is 12.9. The number of carbonyl (C=O) groups excluding carboxylic acids is 1. The summed E-state index contributed by atoms with van der Waals surface area (Å²) in [5, 5.41) is 0.467. The Kier molecular flexibility index (Phi) is 6.10. The lowest BCUT2D eigenvalue weighted by molar-refractivity contribution is -0.140. The zero-order chi connectivity index (χ0) is 18.7. The third-order valence-electron chi connectivity index (χ3n) is 4.84. The summed E-state index contributed by atoms with van der Waals surface area (Å²) < 4.78 is 33.9. The Morgan fingerprint density at radius 3 is 2.65 bits per heavy atom. The molecule has 26 heavy (non-hydrogen) atoms. The number of rotatable bonds is 7. The first-order chi connectivity index (χ1) is 12.3. The minimum absolute atomic E-state index is 0.0255. The van der Waals surface area contributed by atoms with Crippen molar-refractivity contribution < 1.29 is 22.1 Å². The molecule has 1 amide bonds. The fourth-order valence-corrected chi connectivity index (χ4v) is 3.99. The molecule has 1 aromatic rings. The van der Waals surface area contributed by atoms with Crippen molar-refractivity contribution in [2.24, 2.45) is 5.92 Å². The fourth-order valence-electron chi connectivity index (χ4n) is 3.30. The Balaban J connectivity index is 1.82. The molecule has 1 unspecified atom stereocenters. The van der Waals surface area contributed by atoms with Crippen molar-refractivity contribution in [3.8, 4) is 5.75 Å². The third-order valence-corrected chi connectivity index (χ3v) is 5.56. The lowest BCUT2D eigenvalue weighted by Crippen LogP contribution is -2.42. The van der Waals surface area contributed by atoms with Crippen LogP contribution in [0.4, 0.5) is 0 Å². The molecule has 144 valence electrons. The highest BCUT2D eigenvalue weighted by molar-refractivity contribution is 7.86. The smallest absolute Gasteiger partial charge is 0.306 e. The highest BCUT2D eigenvalue weighted by Gasteiger charge is 2.32. The largest absolute Gasteiger partial charge is 0.382 e. The highest BCUT2D eigenvalue weighted by Crippen LogP contribution is 2.31. The van der Waals surface area contributed by atoms with Crippen LogP contribution in [0.1, 0.15) is 37.7 Å². The van der Waals surface area contributed by atoms with Gasteiger partial charge in [0.05, 0.1) is 12.4 Å². The number of halogens is 1. The molecule has 2 aliphatic rings. The minimum atomic E-state index is -3.67. The summed E-state index contributed by atoms with van der Waals surface area (Å²) in [6, 6.07) is 4.75. The van der Waals surface area contributed by atoms with Crippen molar-refractivity contribution in [2.45, 2.75) is 44.8 Å². The summed E-state index contributed by atoms with van der Waals surface area (Å²) in [6.07, 6.45) is 5.83. The molecule has 0 radical (unpaired) electrons. The van der Waals surface area contributed by atoms with E-state index in [1.54, 1.807) is 17.0 Å². The van der Waals surface area contributed by atoms with Crippen LogP contribution in [0.15, 0.2) is 18.2 Å². The summed E-state index contributed by atoms with van der Waals surface area (Å²) in [7, 11) is -3.67. The molecule has 0 bridgehead atoms. The van der Waals surface area contributed by atoms with Gasteiger partial charge in [-0.25, -0.2) is 0 Å². The zero-order valence-electron chi connectivity index (χ0n) is 14.8. The number of nitrogens with zero attached hydrogens (tertiary/aromatic N) is 1. The topological polar surface area (TPSA) is 72.9 Å². The summed E-state index contributed by atoms with van der Waals surface area (Å²) in [4.78, 5) is 14.6. The van der Waals surface area contributed by atoms with Crippen molar-refractivity contribution in [2.75, 3.05) is 19.4 Å². The van der Waals surface area contributed by atoms with Gasteiger partial charge in [-0.3, -0.25) is 4.79 Å². The second-order valence-corrected chi connectivity index (χ2v) is 9.03. The first kappa shape index (κ1) is 19.5. The number of hydrogen-bond donors (Lipinski definition) is 0. The maximum Gasteiger partial charge on any atom is 0.306 e. The van der Waals surface area contributed by atoms with E-state index in [-0.39, 0.29) is 30.2 Å². The van der Waals surface area contributed by atoms with Crippen LogP contribution in [0.25, 0.3) is 0 Å². The molecular weight excluding hydrogens is 378 g/mol. The second-order valence-electron chi connectivity index (χ2n) is 7.02. The number of carbonyl (C=O) groups is 1. The molecule has 1 atom stereocenters. The van der Waals surface area contributed by atoms with Gasteiger partial charge in [-0.05, 0) is 43.9 Å². The Labute approximate surface area is 159 Å². The van der Waals surface area contributed by atoms with Crippen LogP contribution in [0.5, 0.6) is 5.75 Å². The fraction of sp³-hybridized carbons (Fsp3) is 0.611. The van der Waals surface area contributed by atoms with Gasteiger partial charge in [0.2, 0.25) is 5.91 Å². The quantitative estimate of drug-likeness (QED) is 0.657. The zero-order valence-corrected chi connectivity index (χ0v) is 16.4. The van der Waals surface area contributed by atoms with Gasteiger partial charge in [0.1, 0.15) is 5.75 Å². The van der Waals surface area contributed by atoms with Crippen LogP contribution in [0, 0.1) is 5.92 Å². The number of hydrogen-bond acceptors (Lipinski definition) is 5. The Morgan fingerprint density at radius 2 is 2.08 bits per heavy atom. The van der Waals surface area contributed by atoms with Crippen molar-refractivity contribution in [1.82, 2.24) is 4.90 Å². The standard InChI is InChI=1S/C18H24ClNO5S/c1-26(22,23)25-17-8-7-15(19)10-14(17)11-20(12-16-6-3-9-24-16)18(21)13-4-2-5-13/h7-8,10,13,16H,2-6,9,11-12H2,1H3. The maximum absolute atomic E-state index is 12.9. The van der Waals surface area contributed by atoms with Gasteiger partial charge in [-0.2, -0.15) is 8.42 Å². The molecule has 1 aromatic carbocycles. The molecule has 0 aromatic heterocycles. The van der Waals surface area contributed by atoms with Gasteiger partial charge in [0.15, 0.2) is 0 Å². The predicted octanol–water partition coefficient (Wildman–Crippen LogP) is 2.99. The van der Waals surface area contributed by atoms with E-state index in [1.807, 2.05) is 0 Å². The van der Waals surface area contributed by atoms with Crippen LogP contribution < -0.4 is 4.18 Å². The molecule has 3 rings (SSSR count). The van der Waals surface area contributed by atoms with Crippen molar-refractivity contribution in [3.63, 3.8) is 0 Å². The van der Waals surface area contributed by atoms with E-state index in [9.17, 15) is 13.2 Å². The first-order valence-corrected chi connectivity index (χ1v) is 11.1. The molecule has 1 heterocycles. The Bertz CT molecular complexity index is 757. The number of benzene rings is 1. The molecule has 6 nitrogen and oxygen atoms in total. The van der Waals surface area contributed by atoms with E-state index in [0.717, 1.165) is 45.0 Å². The van der Waals surface area contributed by atoms with E-state index < -0.39 is 10.1 Å². The summed E-state index contributed by atoms with van der Waals surface area (Å²) in [5.74, 6) is 0.350. The van der Waals surface area contributed by atoms with Crippen molar-refractivity contribution >= 4 is 27.6 Å². The molecule has 8 heteroatoms. The van der Waals surface area contributed by atoms with Gasteiger partial charge in [0, 0.05) is 36.2 Å². The van der Waals surface area contributed by atoms with Gasteiger partial charge in [-0.1, -0.05) is 18.0 Å². The first-order valence-electron chi connectivity index (χ1n) is 8.90. The average Bonchev–Trinajstić information content (AvgIpc) is 2.99. The highest BCUT2D eigenvalue weighted by atomic mass is 35.5. The lowest BCUT2D eigenvalue weighted by Gasteiger charge is -2.33. The summed E-state index contributed by atoms with van der Waals surface area (Å²) >= 11 is 6.09. The average molecular weight is 402 g/mol. The van der Waals surface area contributed by atoms with E-state index in [1.165, 1.54) is 6.07 Å². The van der Waals surface area contributed by atoms with Gasteiger partial charge in [0.25, 0.3) is 0 Å². The van der Waals surface area contributed by atoms with Crippen LogP contribution in [0.2, 0.25) is 5.02 Å². The molecule has 1 aliphatic heterocycles. The third kappa shape index (κ3) is 5.11. The molecule has 0 N–H and O–H groups in total. The number of ether oxygens (including phenoxy) is 1. The summed E-state index contributed by atoms with van der Waals surface area (Å²) in [6.45, 7) is 1.47. The Hall–Kier alpha value is -1.31. The predicted molar refractivity (Wildman–Crippen MR) is 98.7 cm³/mol. The molecule has 0 spiro atoms. The lowest BCUT2D eigenvalue weighted by atomic mass is 9.84. The normalized spacial score (nSPS) is 20.6.